The molecule has 2 N–H and O–H groups in total. The minimum atomic E-state index is 0. The molecule has 0 fully saturated rings. The summed E-state index contributed by atoms with van der Waals surface area (Å²) in [7, 11) is 1.55. The van der Waals surface area contributed by atoms with Gasteiger partial charge in [0.1, 0.15) is 19.0 Å². The molecule has 4 radical (unpaired) electrons. The summed E-state index contributed by atoms with van der Waals surface area (Å²) in [4.78, 5) is 0. The van der Waals surface area contributed by atoms with E-state index in [1.165, 1.54) is 76.4 Å². The van der Waals surface area contributed by atoms with Gasteiger partial charge in [-0.1, -0.05) is 303 Å². The zero-order chi connectivity index (χ0) is 52.2. The number of nitrogens with one attached hydrogen (secondary N) is 2. The van der Waals surface area contributed by atoms with Crippen LogP contribution in [0.5, 0.6) is 0 Å². The summed E-state index contributed by atoms with van der Waals surface area (Å²) in [5, 5.41) is 5.59. The Kier molecular flexibility index (Phi) is 29.0. The van der Waals surface area contributed by atoms with Gasteiger partial charge in [0.25, 0.3) is 0 Å². The average molecular weight is 1420 g/mol. The monoisotopic (exact) mass is 1420 g/mol. The van der Waals surface area contributed by atoms with Gasteiger partial charge < -0.3 is 36.3 Å². The normalized spacial score (nSPS) is 10.6. The number of hydrogen-bond acceptors (Lipinski definition) is 0. The molecule has 0 bridgehead atoms. The van der Waals surface area contributed by atoms with Crippen LogP contribution in [0.15, 0.2) is 255 Å². The number of rotatable bonds is 4. The van der Waals surface area contributed by atoms with E-state index in [-0.39, 0.29) is 87.3 Å². The molecule has 10 aromatic rings. The third-order valence-electron chi connectivity index (χ3n) is 12.4. The third kappa shape index (κ3) is 21.3. The summed E-state index contributed by atoms with van der Waals surface area (Å²) in [5.41, 5.74) is 29.8. The van der Waals surface area contributed by atoms with Crippen LogP contribution in [0.3, 0.4) is 0 Å². The molecule has 0 aliphatic heterocycles. The number of benzene rings is 10. The third-order valence-corrected chi connectivity index (χ3v) is 14.9. The van der Waals surface area contributed by atoms with Crippen molar-refractivity contribution in [3.05, 3.63) is 312 Å². The van der Waals surface area contributed by atoms with E-state index in [1.807, 2.05) is 36.4 Å². The topological polar surface area (TPSA) is 47.6 Å². The minimum absolute atomic E-state index is 0. The van der Waals surface area contributed by atoms with Crippen LogP contribution in [-0.4, -0.2) is 19.0 Å². The molecular formula is C70H66Cl2Hf2N2Si2-6. The first-order valence-electron chi connectivity index (χ1n) is 25.3. The maximum absolute atomic E-state index is 7.42. The molecule has 78 heavy (non-hydrogen) atoms. The smallest absolute Gasteiger partial charge is 0.121 e. The van der Waals surface area contributed by atoms with Crippen molar-refractivity contribution in [3.8, 4) is 22.3 Å². The van der Waals surface area contributed by atoms with E-state index in [0.29, 0.717) is 11.4 Å². The second-order valence-corrected chi connectivity index (χ2v) is 23.0. The Morgan fingerprint density at radius 2 is 0.615 bits per heavy atom. The van der Waals surface area contributed by atoms with Crippen molar-refractivity contribution in [3.63, 3.8) is 0 Å². The second-order valence-electron chi connectivity index (χ2n) is 20.2. The van der Waals surface area contributed by atoms with E-state index < -0.39 is 0 Å². The Labute approximate surface area is 522 Å². The number of halogens is 2. The van der Waals surface area contributed by atoms with Crippen molar-refractivity contribution >= 4 is 51.2 Å². The Bertz CT molecular complexity index is 2890. The largest absolute Gasteiger partial charge is 1.00 e. The van der Waals surface area contributed by atoms with Gasteiger partial charge in [0.2, 0.25) is 0 Å². The fourth-order valence-corrected chi connectivity index (χ4v) is 10.5. The van der Waals surface area contributed by atoms with E-state index in [4.69, 9.17) is 11.5 Å². The Morgan fingerprint density at radius 3 is 0.897 bits per heavy atom. The van der Waals surface area contributed by atoms with Crippen molar-refractivity contribution in [1.29, 1.82) is 0 Å². The Balaban J connectivity index is 0.000000244. The fourth-order valence-electron chi connectivity index (χ4n) is 8.39. The standard InChI is InChI=1S/2C13H9.2C12H10Si.2C10H14N.2ClH.2Hf/c2*1-3-7-12-10(5-1)9-11-6-2-4-8-13(11)12;2*1-3-7-11(8-4-1)13-12-9-5-2-6-10-12;2*1-10(2,3)8-5-4-6-9(11)7-8;;;;/h2*1-5,7-8H,9H2;2*1-10H;2*4-7,11H,1-3H3;2*1H;;/q2*-1;;;2*-1;;;;/p-2. The first-order chi connectivity index (χ1) is 35.8. The number of fused-ring (bicyclic) bond motifs is 6. The molecule has 2 aliphatic rings. The van der Waals surface area contributed by atoms with Gasteiger partial charge in [0, 0.05) is 51.7 Å². The van der Waals surface area contributed by atoms with Crippen LogP contribution < -0.4 is 45.6 Å². The van der Waals surface area contributed by atoms with E-state index in [0.717, 1.165) is 31.9 Å². The van der Waals surface area contributed by atoms with Crippen molar-refractivity contribution in [2.45, 2.75) is 65.2 Å². The maximum atomic E-state index is 7.42. The fraction of sp³-hybridized carbons (Fsp3) is 0.143. The maximum Gasteiger partial charge on any atom is 0.121 e. The molecule has 2 nitrogen and oxygen atoms in total. The first-order valence-corrected chi connectivity index (χ1v) is 27.3. The summed E-state index contributed by atoms with van der Waals surface area (Å²) in [6, 6.07) is 94.0. The van der Waals surface area contributed by atoms with Gasteiger partial charge in [-0.05, 0) is 34.8 Å². The molecule has 0 saturated heterocycles. The summed E-state index contributed by atoms with van der Waals surface area (Å²) < 4.78 is 0. The molecule has 0 aromatic heterocycles. The number of hydrogen-bond donors (Lipinski definition) is 0. The second kappa shape index (κ2) is 33.9. The van der Waals surface area contributed by atoms with Crippen molar-refractivity contribution in [1.82, 2.24) is 0 Å². The van der Waals surface area contributed by atoms with Crippen LogP contribution in [0.25, 0.3) is 33.7 Å². The molecule has 0 saturated carbocycles. The molecule has 392 valence electrons. The van der Waals surface area contributed by atoms with Crippen LogP contribution in [0.1, 0.15) is 74.9 Å². The van der Waals surface area contributed by atoms with Crippen LogP contribution in [0.2, 0.25) is 0 Å². The summed E-state index contributed by atoms with van der Waals surface area (Å²) >= 11 is 0. The molecule has 12 rings (SSSR count). The summed E-state index contributed by atoms with van der Waals surface area (Å²) in [5.74, 6) is 0. The van der Waals surface area contributed by atoms with E-state index >= 15 is 0 Å². The quantitative estimate of drug-likeness (QED) is 0.125. The van der Waals surface area contributed by atoms with Crippen LogP contribution in [0, 0.1) is 12.1 Å². The van der Waals surface area contributed by atoms with Crippen LogP contribution in [-0.2, 0) is 75.4 Å². The molecule has 8 heteroatoms. The summed E-state index contributed by atoms with van der Waals surface area (Å²) in [6.45, 7) is 12.9. The zero-order valence-electron chi connectivity index (χ0n) is 45.4. The van der Waals surface area contributed by atoms with E-state index in [9.17, 15) is 0 Å². The predicted molar refractivity (Wildman–Crippen MR) is 321 cm³/mol. The van der Waals surface area contributed by atoms with E-state index in [1.54, 1.807) is 12.1 Å². The zero-order valence-corrected chi connectivity index (χ0v) is 56.1. The van der Waals surface area contributed by atoms with Crippen LogP contribution in [0.4, 0.5) is 11.4 Å². The van der Waals surface area contributed by atoms with Gasteiger partial charge in [-0.25, -0.2) is 0 Å². The van der Waals surface area contributed by atoms with Crippen molar-refractivity contribution in [2.75, 3.05) is 0 Å². The van der Waals surface area contributed by atoms with E-state index in [2.05, 4.69) is 260 Å². The minimum Gasteiger partial charge on any atom is -1.00 e. The van der Waals surface area contributed by atoms with Gasteiger partial charge in [-0.3, -0.25) is 0 Å². The van der Waals surface area contributed by atoms with Gasteiger partial charge in [0.05, 0.1) is 0 Å². The van der Waals surface area contributed by atoms with Gasteiger partial charge in [-0.2, -0.15) is 59.7 Å². The average Bonchev–Trinajstić information content (AvgIpc) is 4.00. The molecule has 0 spiro atoms. The van der Waals surface area contributed by atoms with Crippen molar-refractivity contribution in [2.24, 2.45) is 0 Å². The predicted octanol–water partition coefficient (Wildman–Crippen LogP) is 10.1. The van der Waals surface area contributed by atoms with Crippen LogP contribution >= 0.6 is 0 Å². The SMILES string of the molecule is CC(C)(C)c1cccc([NH-])c1.CC(C)(C)c1cccc([NH-])c1.[Cl-].[Cl-].[Hf].[Hf].[c-]1cccc2c1Cc1ccccc1-2.[c-]1cccc2c1Cc1ccccc1-2.c1ccc([Si]c2ccccc2)cc1.c1ccc([Si]c2ccccc2)cc1. The Hall–Kier alpha value is -5.45. The molecule has 10 aromatic carbocycles. The van der Waals surface area contributed by atoms with Gasteiger partial charge in [-0.15, -0.1) is 22.5 Å². The molecule has 0 amide bonds. The van der Waals surface area contributed by atoms with Crippen molar-refractivity contribution < 1.29 is 76.5 Å². The molecule has 0 unspecified atom stereocenters. The van der Waals surface area contributed by atoms with Gasteiger partial charge in [0.15, 0.2) is 0 Å². The molecule has 2 aliphatic carbocycles. The first kappa shape index (κ1) is 66.8. The van der Waals surface area contributed by atoms with Gasteiger partial charge >= 0.3 is 0 Å². The summed E-state index contributed by atoms with van der Waals surface area (Å²) in [6.07, 6.45) is 2.10. The Morgan fingerprint density at radius 1 is 0.333 bits per heavy atom. The molecular weight excluding hydrogens is 1350 g/mol. The molecule has 0 atom stereocenters. The molecule has 0 heterocycles.